The van der Waals surface area contributed by atoms with E-state index in [9.17, 15) is 9.90 Å². The van der Waals surface area contributed by atoms with Crippen LogP contribution in [0.15, 0.2) is 18.2 Å². The van der Waals surface area contributed by atoms with Crippen molar-refractivity contribution >= 4 is 16.9 Å². The number of carbonyl (C=O) groups excluding carboxylic acids is 1. The SMILES string of the molecule is CC(=O)SCCc1ccc(O)c(O)c1. The first-order valence-electron chi connectivity index (χ1n) is 4.24. The number of aromatic hydroxyl groups is 2. The van der Waals surface area contributed by atoms with Crippen LogP contribution in [0.4, 0.5) is 0 Å². The van der Waals surface area contributed by atoms with Crippen molar-refractivity contribution in [1.82, 2.24) is 0 Å². The van der Waals surface area contributed by atoms with Gasteiger partial charge in [-0.3, -0.25) is 4.79 Å². The zero-order valence-corrected chi connectivity index (χ0v) is 8.67. The van der Waals surface area contributed by atoms with Gasteiger partial charge in [-0.1, -0.05) is 17.8 Å². The van der Waals surface area contributed by atoms with Crippen molar-refractivity contribution in [1.29, 1.82) is 0 Å². The van der Waals surface area contributed by atoms with Gasteiger partial charge in [-0.25, -0.2) is 0 Å². The number of phenolic OH excluding ortho intramolecular Hbond substituents is 2. The van der Waals surface area contributed by atoms with Crippen molar-refractivity contribution in [3.8, 4) is 11.5 Å². The smallest absolute Gasteiger partial charge is 0.185 e. The lowest BCUT2D eigenvalue weighted by atomic mass is 10.1. The monoisotopic (exact) mass is 212 g/mol. The Morgan fingerprint density at radius 3 is 2.64 bits per heavy atom. The first-order chi connectivity index (χ1) is 6.59. The van der Waals surface area contributed by atoms with Gasteiger partial charge >= 0.3 is 0 Å². The Kier molecular flexibility index (Phi) is 3.83. The molecule has 0 unspecified atom stereocenters. The Labute approximate surface area is 86.8 Å². The largest absolute Gasteiger partial charge is 0.504 e. The number of phenols is 2. The molecule has 0 radical (unpaired) electrons. The van der Waals surface area contributed by atoms with Crippen LogP contribution >= 0.6 is 11.8 Å². The van der Waals surface area contributed by atoms with E-state index in [0.717, 1.165) is 5.56 Å². The highest BCUT2D eigenvalue weighted by Gasteiger charge is 2.01. The van der Waals surface area contributed by atoms with Crippen molar-refractivity contribution in [2.45, 2.75) is 13.3 Å². The van der Waals surface area contributed by atoms with Gasteiger partial charge in [0.1, 0.15) is 0 Å². The van der Waals surface area contributed by atoms with Gasteiger partial charge in [0.15, 0.2) is 16.6 Å². The maximum atomic E-state index is 10.6. The highest BCUT2D eigenvalue weighted by molar-refractivity contribution is 8.13. The van der Waals surface area contributed by atoms with Crippen LogP contribution in [0.1, 0.15) is 12.5 Å². The van der Waals surface area contributed by atoms with E-state index in [1.54, 1.807) is 6.07 Å². The van der Waals surface area contributed by atoms with Gasteiger partial charge in [0.05, 0.1) is 0 Å². The zero-order chi connectivity index (χ0) is 10.6. The average Bonchev–Trinajstić information content (AvgIpc) is 2.10. The summed E-state index contributed by atoms with van der Waals surface area (Å²) in [4.78, 5) is 10.6. The predicted octanol–water partition coefficient (Wildman–Crippen LogP) is 1.92. The van der Waals surface area contributed by atoms with Gasteiger partial charge in [0, 0.05) is 12.7 Å². The van der Waals surface area contributed by atoms with Crippen LogP contribution in [0.25, 0.3) is 0 Å². The fourth-order valence-corrected chi connectivity index (χ4v) is 1.66. The Balaban J connectivity index is 2.51. The predicted molar refractivity (Wildman–Crippen MR) is 56.6 cm³/mol. The summed E-state index contributed by atoms with van der Waals surface area (Å²) in [6.07, 6.45) is 0.706. The van der Waals surface area contributed by atoms with E-state index >= 15 is 0 Å². The third kappa shape index (κ3) is 3.30. The standard InChI is InChI=1S/C10H12O3S/c1-7(11)14-5-4-8-2-3-9(12)10(13)6-8/h2-3,6,12-13H,4-5H2,1H3. The zero-order valence-electron chi connectivity index (χ0n) is 7.86. The molecule has 0 saturated heterocycles. The molecule has 14 heavy (non-hydrogen) atoms. The van der Waals surface area contributed by atoms with E-state index in [1.807, 2.05) is 0 Å². The van der Waals surface area contributed by atoms with E-state index in [0.29, 0.717) is 12.2 Å². The minimum Gasteiger partial charge on any atom is -0.504 e. The molecule has 0 heterocycles. The molecule has 0 saturated carbocycles. The minimum atomic E-state index is -0.118. The summed E-state index contributed by atoms with van der Waals surface area (Å²) < 4.78 is 0. The van der Waals surface area contributed by atoms with E-state index in [1.165, 1.54) is 30.8 Å². The summed E-state index contributed by atoms with van der Waals surface area (Å²) in [6.45, 7) is 1.53. The second-order valence-electron chi connectivity index (χ2n) is 2.91. The van der Waals surface area contributed by atoms with Gasteiger partial charge in [-0.15, -0.1) is 0 Å². The highest BCUT2D eigenvalue weighted by Crippen LogP contribution is 2.25. The van der Waals surface area contributed by atoms with Crippen LogP contribution < -0.4 is 0 Å². The number of aryl methyl sites for hydroxylation is 1. The number of rotatable bonds is 3. The van der Waals surface area contributed by atoms with Crippen molar-refractivity contribution in [2.75, 3.05) is 5.75 Å². The molecule has 0 bridgehead atoms. The van der Waals surface area contributed by atoms with Crippen LogP contribution in [0, 0.1) is 0 Å². The molecule has 0 aromatic heterocycles. The van der Waals surface area contributed by atoms with E-state index in [4.69, 9.17) is 5.11 Å². The van der Waals surface area contributed by atoms with E-state index in [-0.39, 0.29) is 16.6 Å². The molecule has 76 valence electrons. The number of benzene rings is 1. The van der Waals surface area contributed by atoms with Crippen molar-refractivity contribution in [2.24, 2.45) is 0 Å². The van der Waals surface area contributed by atoms with Crippen molar-refractivity contribution < 1.29 is 15.0 Å². The molecule has 1 rings (SSSR count). The Hall–Kier alpha value is -1.16. The normalized spacial score (nSPS) is 10.1. The summed E-state index contributed by atoms with van der Waals surface area (Å²) >= 11 is 1.25. The molecule has 1 aromatic carbocycles. The van der Waals surface area contributed by atoms with Gasteiger partial charge in [-0.2, -0.15) is 0 Å². The summed E-state index contributed by atoms with van der Waals surface area (Å²) in [7, 11) is 0. The lowest BCUT2D eigenvalue weighted by molar-refractivity contribution is -0.109. The fourth-order valence-electron chi connectivity index (χ4n) is 1.04. The lowest BCUT2D eigenvalue weighted by Crippen LogP contribution is -1.91. The molecule has 0 fully saturated rings. The van der Waals surface area contributed by atoms with Gasteiger partial charge in [-0.05, 0) is 24.1 Å². The van der Waals surface area contributed by atoms with Crippen LogP contribution in [0.2, 0.25) is 0 Å². The fraction of sp³-hybridized carbons (Fsp3) is 0.300. The Morgan fingerprint density at radius 2 is 2.07 bits per heavy atom. The summed E-state index contributed by atoms with van der Waals surface area (Å²) in [5.74, 6) is 0.461. The minimum absolute atomic E-state index is 0.0907. The lowest BCUT2D eigenvalue weighted by Gasteiger charge is -2.02. The molecular formula is C10H12O3S. The maximum absolute atomic E-state index is 10.6. The molecule has 3 nitrogen and oxygen atoms in total. The summed E-state index contributed by atoms with van der Waals surface area (Å²) in [6, 6.07) is 4.69. The molecule has 0 aliphatic rings. The molecule has 0 atom stereocenters. The summed E-state index contributed by atoms with van der Waals surface area (Å²) in [5, 5.41) is 18.3. The van der Waals surface area contributed by atoms with E-state index in [2.05, 4.69) is 0 Å². The van der Waals surface area contributed by atoms with Crippen LogP contribution in [0.5, 0.6) is 11.5 Å². The molecule has 4 heteroatoms. The van der Waals surface area contributed by atoms with Crippen LogP contribution in [-0.4, -0.2) is 21.1 Å². The van der Waals surface area contributed by atoms with Gasteiger partial charge in [0.25, 0.3) is 0 Å². The highest BCUT2D eigenvalue weighted by atomic mass is 32.2. The second kappa shape index (κ2) is 4.91. The van der Waals surface area contributed by atoms with Gasteiger partial charge in [0.2, 0.25) is 0 Å². The molecule has 0 aliphatic carbocycles. The first kappa shape index (κ1) is 10.9. The molecule has 0 spiro atoms. The average molecular weight is 212 g/mol. The number of thioether (sulfide) groups is 1. The van der Waals surface area contributed by atoms with Crippen molar-refractivity contribution in [3.05, 3.63) is 23.8 Å². The van der Waals surface area contributed by atoms with Gasteiger partial charge < -0.3 is 10.2 Å². The third-order valence-electron chi connectivity index (χ3n) is 1.74. The number of hydrogen-bond acceptors (Lipinski definition) is 4. The van der Waals surface area contributed by atoms with Crippen molar-refractivity contribution in [3.63, 3.8) is 0 Å². The van der Waals surface area contributed by atoms with E-state index < -0.39 is 0 Å². The summed E-state index contributed by atoms with van der Waals surface area (Å²) in [5.41, 5.74) is 0.911. The second-order valence-corrected chi connectivity index (χ2v) is 4.18. The topological polar surface area (TPSA) is 57.5 Å². The molecular weight excluding hydrogens is 200 g/mol. The van der Waals surface area contributed by atoms with Crippen LogP contribution in [-0.2, 0) is 11.2 Å². The third-order valence-corrected chi connectivity index (χ3v) is 2.55. The molecule has 1 aromatic rings. The molecule has 2 N–H and O–H groups in total. The quantitative estimate of drug-likeness (QED) is 0.751. The Bertz CT molecular complexity index is 336. The first-order valence-corrected chi connectivity index (χ1v) is 5.22. The molecule has 0 aliphatic heterocycles. The maximum Gasteiger partial charge on any atom is 0.185 e. The number of carbonyl (C=O) groups is 1. The number of hydrogen-bond donors (Lipinski definition) is 2. The van der Waals surface area contributed by atoms with Crippen LogP contribution in [0.3, 0.4) is 0 Å². The Morgan fingerprint density at radius 1 is 1.36 bits per heavy atom. The molecule has 0 amide bonds.